The second-order valence-corrected chi connectivity index (χ2v) is 9.04. The molecular weight excluding hydrogens is 421 g/mol. The van der Waals surface area contributed by atoms with Crippen LogP contribution in [0.4, 0.5) is 0 Å². The molecule has 6 heteroatoms. The topological polar surface area (TPSA) is 0 Å². The SMILES string of the molecule is Cc1[c-]p(C)c(C)c1C.Cc1[c-]p(C)c(C)c1C.[Cl-].[Cl-].[Ti+2].[Ti+2]. The molecule has 2 unspecified atom stereocenters. The smallest absolute Gasteiger partial charge is 1.00 e. The van der Waals surface area contributed by atoms with Crippen LogP contribution >= 0.6 is 15.1 Å². The average molecular weight is 445 g/mol. The van der Waals surface area contributed by atoms with Crippen molar-refractivity contribution in [3.05, 3.63) is 44.4 Å². The predicted octanol–water partition coefficient (Wildman–Crippen LogP) is -0.126. The van der Waals surface area contributed by atoms with Gasteiger partial charge in [-0.05, 0) is 13.3 Å². The predicted molar refractivity (Wildman–Crippen MR) is 86.4 cm³/mol. The summed E-state index contributed by atoms with van der Waals surface area (Å²) < 4.78 is 0. The van der Waals surface area contributed by atoms with Gasteiger partial charge in [-0.25, -0.2) is 0 Å². The molecule has 2 rings (SSSR count). The second kappa shape index (κ2) is 13.8. The van der Waals surface area contributed by atoms with Crippen molar-refractivity contribution in [1.29, 1.82) is 0 Å². The van der Waals surface area contributed by atoms with Gasteiger partial charge in [-0.15, -0.1) is 0 Å². The molecule has 0 radical (unpaired) electrons. The normalized spacial score (nSPS) is 10.0. The molecule has 0 aliphatic carbocycles. The Morgan fingerprint density at radius 3 is 0.864 bits per heavy atom. The number of hydrogen-bond acceptors (Lipinski definition) is 0. The first-order chi connectivity index (χ1) is 8.25. The van der Waals surface area contributed by atoms with E-state index < -0.39 is 0 Å². The van der Waals surface area contributed by atoms with Gasteiger partial charge in [0.2, 0.25) is 0 Å². The Labute approximate surface area is 181 Å². The molecule has 0 aromatic carbocycles. The van der Waals surface area contributed by atoms with Crippen molar-refractivity contribution in [2.24, 2.45) is 13.3 Å². The zero-order valence-corrected chi connectivity index (χ0v) is 21.1. The molecule has 0 saturated carbocycles. The van der Waals surface area contributed by atoms with Crippen LogP contribution in [0.1, 0.15) is 32.8 Å². The van der Waals surface area contributed by atoms with Crippen LogP contribution in [0.5, 0.6) is 0 Å². The summed E-state index contributed by atoms with van der Waals surface area (Å²) in [6.07, 6.45) is 0. The molecule has 0 aliphatic rings. The average Bonchev–Trinajstić information content (AvgIpc) is 2.66. The molecule has 0 nitrogen and oxygen atoms in total. The molecule has 0 bridgehead atoms. The molecule has 2 atom stereocenters. The number of hydrogen-bond donors (Lipinski definition) is 0. The minimum atomic E-state index is -0.0123. The molecule has 0 N–H and O–H groups in total. The first-order valence-corrected chi connectivity index (χ1v) is 9.87. The molecule has 0 fully saturated rings. The van der Waals surface area contributed by atoms with E-state index in [9.17, 15) is 0 Å². The van der Waals surface area contributed by atoms with Gasteiger partial charge in [0, 0.05) is 0 Å². The summed E-state index contributed by atoms with van der Waals surface area (Å²) in [6, 6.07) is 0. The molecule has 2 heterocycles. The van der Waals surface area contributed by atoms with Gasteiger partial charge in [0.1, 0.15) is 0 Å². The minimum absolute atomic E-state index is 0. The van der Waals surface area contributed by atoms with E-state index in [1.54, 1.807) is 10.6 Å². The zero-order chi connectivity index (χ0) is 14.0. The van der Waals surface area contributed by atoms with Crippen molar-refractivity contribution in [3.8, 4) is 0 Å². The summed E-state index contributed by atoms with van der Waals surface area (Å²) in [5, 5.41) is 3.09. The Balaban J connectivity index is -0.000000125. The minimum Gasteiger partial charge on any atom is -1.00 e. The Bertz CT molecular complexity index is 466. The largest absolute Gasteiger partial charge is 2.00 e. The third-order valence-corrected chi connectivity index (χ3v) is 7.91. The van der Waals surface area contributed by atoms with Gasteiger partial charge in [-0.3, -0.25) is 15.1 Å². The van der Waals surface area contributed by atoms with Gasteiger partial charge >= 0.3 is 43.4 Å². The van der Waals surface area contributed by atoms with Crippen LogP contribution < -0.4 is 24.8 Å². The molecular formula is C16H24Cl2P2Ti2. The van der Waals surface area contributed by atoms with Crippen molar-refractivity contribution in [1.82, 2.24) is 0 Å². The number of aryl methyl sites for hydroxylation is 4. The third-order valence-electron chi connectivity index (χ3n) is 3.89. The molecule has 22 heavy (non-hydrogen) atoms. The van der Waals surface area contributed by atoms with Crippen LogP contribution in [0.25, 0.3) is 0 Å². The van der Waals surface area contributed by atoms with E-state index in [1.165, 1.54) is 22.3 Å². The second-order valence-electron chi connectivity index (χ2n) is 5.01. The monoisotopic (exact) mass is 444 g/mol. The van der Waals surface area contributed by atoms with Crippen molar-refractivity contribution < 1.29 is 68.2 Å². The summed E-state index contributed by atoms with van der Waals surface area (Å²) in [7, 11) is -0.0247. The molecule has 0 amide bonds. The Morgan fingerprint density at radius 1 is 0.591 bits per heavy atom. The quantitative estimate of drug-likeness (QED) is 0.392. The fourth-order valence-electron chi connectivity index (χ4n) is 1.88. The summed E-state index contributed by atoms with van der Waals surface area (Å²) in [6.45, 7) is 17.6. The molecule has 0 spiro atoms. The van der Waals surface area contributed by atoms with E-state index in [-0.39, 0.29) is 83.3 Å². The van der Waals surface area contributed by atoms with Gasteiger partial charge in [0.25, 0.3) is 0 Å². The Morgan fingerprint density at radius 2 is 0.818 bits per heavy atom. The Kier molecular flexibility index (Phi) is 19.7. The van der Waals surface area contributed by atoms with Crippen LogP contribution in [0.2, 0.25) is 0 Å². The van der Waals surface area contributed by atoms with Crippen molar-refractivity contribution in [2.75, 3.05) is 0 Å². The number of rotatable bonds is 0. The van der Waals surface area contributed by atoms with Gasteiger partial charge < -0.3 is 24.8 Å². The molecule has 0 aliphatic heterocycles. The van der Waals surface area contributed by atoms with Crippen molar-refractivity contribution in [3.63, 3.8) is 0 Å². The molecule has 2 aromatic rings. The van der Waals surface area contributed by atoms with Crippen LogP contribution in [0.15, 0.2) is 0 Å². The van der Waals surface area contributed by atoms with E-state index in [1.807, 2.05) is 0 Å². The van der Waals surface area contributed by atoms with Gasteiger partial charge in [-0.2, -0.15) is 44.4 Å². The summed E-state index contributed by atoms with van der Waals surface area (Å²) in [5.74, 6) is 6.85. The summed E-state index contributed by atoms with van der Waals surface area (Å²) in [5.41, 5.74) is 5.65. The van der Waals surface area contributed by atoms with E-state index in [0.717, 1.165) is 0 Å². The third kappa shape index (κ3) is 8.10. The van der Waals surface area contributed by atoms with E-state index in [2.05, 4.69) is 66.5 Å². The van der Waals surface area contributed by atoms with Crippen molar-refractivity contribution >= 4 is 15.1 Å². The zero-order valence-electron chi connectivity index (χ0n) is 14.7. The summed E-state index contributed by atoms with van der Waals surface area (Å²) >= 11 is 0. The van der Waals surface area contributed by atoms with E-state index >= 15 is 0 Å². The molecule has 2 aromatic heterocycles. The van der Waals surface area contributed by atoms with Crippen molar-refractivity contribution in [2.45, 2.75) is 41.5 Å². The van der Waals surface area contributed by atoms with Gasteiger partial charge in [0.15, 0.2) is 0 Å². The van der Waals surface area contributed by atoms with Gasteiger partial charge in [0.05, 0.1) is 0 Å². The van der Waals surface area contributed by atoms with Crippen LogP contribution in [-0.4, -0.2) is 0 Å². The maximum atomic E-state index is 3.42. The van der Waals surface area contributed by atoms with Crippen LogP contribution in [0.3, 0.4) is 0 Å². The standard InChI is InChI=1S/2C8H12P.2ClH.2Ti/c2*1-6-5-9(4)8(3)7(6)2;;;;/h2*1-4H3;2*1H;;/q2*-1;;;2*+2/p-2. The van der Waals surface area contributed by atoms with E-state index in [4.69, 9.17) is 0 Å². The first-order valence-electron chi connectivity index (χ1n) is 6.29. The molecule has 120 valence electrons. The van der Waals surface area contributed by atoms with Crippen LogP contribution in [0, 0.1) is 53.1 Å². The maximum absolute atomic E-state index is 3.42. The fourth-order valence-corrected chi connectivity index (χ4v) is 4.90. The summed E-state index contributed by atoms with van der Waals surface area (Å²) in [4.78, 5) is 0. The Hall–Kier alpha value is 1.57. The van der Waals surface area contributed by atoms with Gasteiger partial charge in [-0.1, -0.05) is 41.5 Å². The first kappa shape index (κ1) is 31.3. The fraction of sp³-hybridized carbons (Fsp3) is 0.500. The molecule has 0 saturated heterocycles. The van der Waals surface area contributed by atoms with Crippen LogP contribution in [-0.2, 0) is 56.8 Å². The van der Waals surface area contributed by atoms with E-state index in [0.29, 0.717) is 0 Å². The number of halogens is 2. The maximum Gasteiger partial charge on any atom is 2.00 e.